The summed E-state index contributed by atoms with van der Waals surface area (Å²) in [6, 6.07) is 0.622. The maximum absolute atomic E-state index is 12.4. The van der Waals surface area contributed by atoms with Gasteiger partial charge in [0.1, 0.15) is 5.78 Å². The lowest BCUT2D eigenvalue weighted by atomic mass is 9.78. The topological polar surface area (TPSA) is 49.4 Å². The lowest BCUT2D eigenvalue weighted by Crippen LogP contribution is -2.55. The van der Waals surface area contributed by atoms with Crippen LogP contribution in [0.25, 0.3) is 0 Å². The normalized spacial score (nSPS) is 32.7. The number of hydrogen-bond donors (Lipinski definition) is 1. The smallest absolute Gasteiger partial charge is 0.237 e. The van der Waals surface area contributed by atoms with Gasteiger partial charge in [-0.25, -0.2) is 0 Å². The average Bonchev–Trinajstić information content (AvgIpc) is 3.31. The summed E-state index contributed by atoms with van der Waals surface area (Å²) < 4.78 is 0. The van der Waals surface area contributed by atoms with Crippen LogP contribution in [-0.4, -0.2) is 41.3 Å². The molecule has 3 atom stereocenters. The third kappa shape index (κ3) is 3.47. The van der Waals surface area contributed by atoms with Crippen LogP contribution in [0.4, 0.5) is 0 Å². The number of Topliss-reactive ketones (excluding diaryl/α,β-unsaturated/α-hetero) is 1. The quantitative estimate of drug-likeness (QED) is 0.864. The van der Waals surface area contributed by atoms with Crippen molar-refractivity contribution in [3.05, 3.63) is 0 Å². The van der Waals surface area contributed by atoms with E-state index in [9.17, 15) is 9.59 Å². The number of carbonyl (C=O) groups excluding carboxylic acids is 2. The standard InChI is InChI=1S/C17H28N2O2/c1-12(17(21)18-13-9-10-13)19-11-5-4-7-15(19)14-6-2-3-8-16(14)20/h12-15H,2-11H2,1H3,(H,18,21). The lowest BCUT2D eigenvalue weighted by Gasteiger charge is -2.43. The predicted molar refractivity (Wildman–Crippen MR) is 81.9 cm³/mol. The highest BCUT2D eigenvalue weighted by Gasteiger charge is 2.39. The van der Waals surface area contributed by atoms with E-state index >= 15 is 0 Å². The summed E-state index contributed by atoms with van der Waals surface area (Å²) >= 11 is 0. The first-order valence-corrected chi connectivity index (χ1v) is 8.75. The second kappa shape index (κ2) is 6.47. The molecule has 4 heteroatoms. The summed E-state index contributed by atoms with van der Waals surface area (Å²) in [6.07, 6.45) is 9.68. The van der Waals surface area contributed by atoms with Gasteiger partial charge in [0.15, 0.2) is 0 Å². The number of nitrogens with zero attached hydrogens (tertiary/aromatic N) is 1. The Labute approximate surface area is 127 Å². The largest absolute Gasteiger partial charge is 0.352 e. The molecule has 21 heavy (non-hydrogen) atoms. The Hall–Kier alpha value is -0.900. The number of likely N-dealkylation sites (tertiary alicyclic amines) is 1. The van der Waals surface area contributed by atoms with Crippen LogP contribution in [0.5, 0.6) is 0 Å². The molecule has 0 aromatic heterocycles. The zero-order chi connectivity index (χ0) is 14.8. The van der Waals surface area contributed by atoms with Gasteiger partial charge in [-0.15, -0.1) is 0 Å². The van der Waals surface area contributed by atoms with Gasteiger partial charge in [-0.3, -0.25) is 14.5 Å². The molecule has 0 aromatic rings. The van der Waals surface area contributed by atoms with E-state index < -0.39 is 0 Å². The molecule has 2 aliphatic carbocycles. The summed E-state index contributed by atoms with van der Waals surface area (Å²) in [4.78, 5) is 27.0. The van der Waals surface area contributed by atoms with E-state index in [0.29, 0.717) is 17.9 Å². The van der Waals surface area contributed by atoms with E-state index in [4.69, 9.17) is 0 Å². The molecule has 2 saturated carbocycles. The van der Waals surface area contributed by atoms with Crippen LogP contribution in [0.3, 0.4) is 0 Å². The second-order valence-corrected chi connectivity index (χ2v) is 7.08. The Morgan fingerprint density at radius 2 is 1.90 bits per heavy atom. The highest BCUT2D eigenvalue weighted by molar-refractivity contribution is 5.83. The molecule has 3 unspecified atom stereocenters. The molecule has 0 aromatic carbocycles. The molecule has 4 nitrogen and oxygen atoms in total. The fourth-order valence-corrected chi connectivity index (χ4v) is 4.01. The van der Waals surface area contributed by atoms with Crippen LogP contribution in [0.1, 0.15) is 64.7 Å². The van der Waals surface area contributed by atoms with Gasteiger partial charge in [-0.05, 0) is 52.0 Å². The van der Waals surface area contributed by atoms with E-state index in [1.165, 1.54) is 12.8 Å². The minimum absolute atomic E-state index is 0.0920. The number of nitrogens with one attached hydrogen (secondary N) is 1. The van der Waals surface area contributed by atoms with Crippen molar-refractivity contribution in [2.75, 3.05) is 6.54 Å². The summed E-state index contributed by atoms with van der Waals surface area (Å²) in [5.74, 6) is 0.774. The van der Waals surface area contributed by atoms with E-state index in [1.54, 1.807) is 0 Å². The molecule has 1 amide bonds. The van der Waals surface area contributed by atoms with Gasteiger partial charge in [-0.2, -0.15) is 0 Å². The lowest BCUT2D eigenvalue weighted by molar-refractivity contribution is -0.133. The maximum atomic E-state index is 12.4. The minimum atomic E-state index is -0.0920. The molecule has 1 N–H and O–H groups in total. The molecule has 1 heterocycles. The van der Waals surface area contributed by atoms with Crippen molar-refractivity contribution in [3.8, 4) is 0 Å². The SMILES string of the molecule is CC(C(=O)NC1CC1)N1CCCCC1C1CCCCC1=O. The maximum Gasteiger partial charge on any atom is 0.237 e. The Morgan fingerprint density at radius 1 is 1.14 bits per heavy atom. The van der Waals surface area contributed by atoms with E-state index in [2.05, 4.69) is 10.2 Å². The third-order valence-corrected chi connectivity index (χ3v) is 5.46. The summed E-state index contributed by atoms with van der Waals surface area (Å²) in [7, 11) is 0. The number of rotatable bonds is 4. The number of piperidine rings is 1. The van der Waals surface area contributed by atoms with Crippen molar-refractivity contribution in [1.82, 2.24) is 10.2 Å². The van der Waals surface area contributed by atoms with Crippen molar-refractivity contribution in [1.29, 1.82) is 0 Å². The molecular formula is C17H28N2O2. The van der Waals surface area contributed by atoms with Gasteiger partial charge in [0.05, 0.1) is 6.04 Å². The van der Waals surface area contributed by atoms with Crippen LogP contribution in [-0.2, 0) is 9.59 Å². The predicted octanol–water partition coefficient (Wildman–Crippen LogP) is 2.27. The van der Waals surface area contributed by atoms with Crippen molar-refractivity contribution in [2.24, 2.45) is 5.92 Å². The Morgan fingerprint density at radius 3 is 2.62 bits per heavy atom. The Kier molecular flexibility index (Phi) is 4.63. The molecule has 0 spiro atoms. The molecule has 3 fully saturated rings. The monoisotopic (exact) mass is 292 g/mol. The van der Waals surface area contributed by atoms with Gasteiger partial charge in [0, 0.05) is 24.4 Å². The highest BCUT2D eigenvalue weighted by atomic mass is 16.2. The zero-order valence-electron chi connectivity index (χ0n) is 13.1. The number of amides is 1. The molecule has 0 bridgehead atoms. The highest BCUT2D eigenvalue weighted by Crippen LogP contribution is 2.33. The van der Waals surface area contributed by atoms with Crippen molar-refractivity contribution >= 4 is 11.7 Å². The summed E-state index contributed by atoms with van der Waals surface area (Å²) in [5, 5.41) is 3.12. The van der Waals surface area contributed by atoms with Crippen LogP contribution in [0.2, 0.25) is 0 Å². The molecule has 1 saturated heterocycles. The third-order valence-electron chi connectivity index (χ3n) is 5.46. The van der Waals surface area contributed by atoms with Crippen LogP contribution in [0.15, 0.2) is 0 Å². The zero-order valence-corrected chi connectivity index (χ0v) is 13.1. The summed E-state index contributed by atoms with van der Waals surface area (Å²) in [5.41, 5.74) is 0. The van der Waals surface area contributed by atoms with E-state index in [0.717, 1.165) is 51.5 Å². The van der Waals surface area contributed by atoms with Gasteiger partial charge in [-0.1, -0.05) is 12.8 Å². The van der Waals surface area contributed by atoms with Crippen molar-refractivity contribution in [2.45, 2.75) is 82.8 Å². The minimum Gasteiger partial charge on any atom is -0.352 e. The first-order valence-electron chi connectivity index (χ1n) is 8.75. The van der Waals surface area contributed by atoms with Gasteiger partial charge >= 0.3 is 0 Å². The van der Waals surface area contributed by atoms with Crippen LogP contribution >= 0.6 is 0 Å². The Bertz CT molecular complexity index is 406. The molecular weight excluding hydrogens is 264 g/mol. The summed E-state index contributed by atoms with van der Waals surface area (Å²) in [6.45, 7) is 2.98. The average molecular weight is 292 g/mol. The molecule has 1 aliphatic heterocycles. The number of ketones is 1. The molecule has 118 valence electrons. The first kappa shape index (κ1) is 15.0. The number of hydrogen-bond acceptors (Lipinski definition) is 3. The van der Waals surface area contributed by atoms with E-state index in [1.807, 2.05) is 6.92 Å². The van der Waals surface area contributed by atoms with Crippen LogP contribution in [0, 0.1) is 5.92 Å². The first-order chi connectivity index (χ1) is 10.2. The fraction of sp³-hybridized carbons (Fsp3) is 0.882. The molecule has 3 rings (SSSR count). The van der Waals surface area contributed by atoms with Crippen molar-refractivity contribution < 1.29 is 9.59 Å². The van der Waals surface area contributed by atoms with Gasteiger partial charge < -0.3 is 5.32 Å². The molecule has 0 radical (unpaired) electrons. The second-order valence-electron chi connectivity index (χ2n) is 7.08. The van der Waals surface area contributed by atoms with Gasteiger partial charge in [0.25, 0.3) is 0 Å². The van der Waals surface area contributed by atoms with Crippen molar-refractivity contribution in [3.63, 3.8) is 0 Å². The van der Waals surface area contributed by atoms with Crippen LogP contribution < -0.4 is 5.32 Å². The van der Waals surface area contributed by atoms with Gasteiger partial charge in [0.2, 0.25) is 5.91 Å². The fourth-order valence-electron chi connectivity index (χ4n) is 4.01. The molecule has 3 aliphatic rings. The number of carbonyl (C=O) groups is 2. The van der Waals surface area contributed by atoms with E-state index in [-0.39, 0.29) is 17.9 Å². The Balaban J connectivity index is 1.67.